The van der Waals surface area contributed by atoms with E-state index in [1.165, 1.54) is 24.5 Å². The van der Waals surface area contributed by atoms with Gasteiger partial charge in [0.25, 0.3) is 0 Å². The van der Waals surface area contributed by atoms with Crippen LogP contribution in [-0.2, 0) is 0 Å². The van der Waals surface area contributed by atoms with E-state index in [0.717, 1.165) is 9.18 Å². The number of rotatable bonds is 4. The highest BCUT2D eigenvalue weighted by Crippen LogP contribution is 2.28. The Hall–Kier alpha value is -2.52. The predicted octanol–water partition coefficient (Wildman–Crippen LogP) is 3.34. The van der Waals surface area contributed by atoms with E-state index in [0.29, 0.717) is 28.3 Å². The number of carbonyl (C=O) groups excluding carboxylic acids is 2. The zero-order chi connectivity index (χ0) is 18.0. The lowest BCUT2D eigenvalue weighted by Gasteiger charge is -2.14. The molecule has 3 heterocycles. The normalized spacial score (nSPS) is 10.7. The number of hydrogen-bond donors (Lipinski definition) is 2. The summed E-state index contributed by atoms with van der Waals surface area (Å²) < 4.78 is 1.09. The second-order valence-corrected chi connectivity index (χ2v) is 6.62. The fraction of sp³-hybridized carbons (Fsp3) is 0.188. The zero-order valence-electron chi connectivity index (χ0n) is 13.6. The highest BCUT2D eigenvalue weighted by atomic mass is 32.1. The van der Waals surface area contributed by atoms with E-state index < -0.39 is 0 Å². The minimum Gasteiger partial charge on any atom is -0.337 e. The van der Waals surface area contributed by atoms with Crippen molar-refractivity contribution in [1.29, 1.82) is 0 Å². The fourth-order valence-corrected chi connectivity index (χ4v) is 3.16. The number of urea groups is 1. The van der Waals surface area contributed by atoms with Crippen molar-refractivity contribution in [3.8, 4) is 10.6 Å². The summed E-state index contributed by atoms with van der Waals surface area (Å²) in [5.41, 5.74) is 1.70. The lowest BCUT2D eigenvalue weighted by Crippen LogP contribution is -2.34. The molecular formula is C16H15N5O2S2. The maximum absolute atomic E-state index is 11.9. The van der Waals surface area contributed by atoms with Gasteiger partial charge in [-0.25, -0.2) is 24.1 Å². The van der Waals surface area contributed by atoms with Crippen LogP contribution < -0.4 is 9.62 Å². The highest BCUT2D eigenvalue weighted by molar-refractivity contribution is 7.82. The number of thiophene rings is 1. The molecule has 0 saturated heterocycles. The number of nitrogens with zero attached hydrogens (tertiary/aromatic N) is 4. The van der Waals surface area contributed by atoms with Crippen molar-refractivity contribution in [1.82, 2.24) is 20.3 Å². The summed E-state index contributed by atoms with van der Waals surface area (Å²) in [6.45, 7) is 3.83. The van der Waals surface area contributed by atoms with E-state index in [2.05, 4.69) is 33.1 Å². The van der Waals surface area contributed by atoms with Crippen molar-refractivity contribution in [2.45, 2.75) is 13.8 Å². The standard InChI is InChI=1S/C16H15N5O2S2/c1-3-17-16(23)21(24)14-8-18-11-5-4-10(19-15(11)20-14)13-7-6-12(25-13)9(2)22/h4-8,24H,3H2,1-2H3,(H,17,23). The fourth-order valence-electron chi connectivity index (χ4n) is 2.12. The Morgan fingerprint density at radius 1 is 1.24 bits per heavy atom. The molecule has 0 unspecified atom stereocenters. The first kappa shape index (κ1) is 17.3. The third-order valence-corrected chi connectivity index (χ3v) is 4.93. The summed E-state index contributed by atoms with van der Waals surface area (Å²) in [5, 5.41) is 2.63. The molecule has 1 N–H and O–H groups in total. The summed E-state index contributed by atoms with van der Waals surface area (Å²) in [4.78, 5) is 38.0. The molecule has 2 amide bonds. The number of hydrogen-bond acceptors (Lipinski definition) is 7. The molecule has 0 fully saturated rings. The number of amides is 2. The minimum atomic E-state index is -0.389. The van der Waals surface area contributed by atoms with Gasteiger partial charge >= 0.3 is 6.03 Å². The van der Waals surface area contributed by atoms with Gasteiger partial charge in [0.15, 0.2) is 17.2 Å². The van der Waals surface area contributed by atoms with Gasteiger partial charge in [-0.05, 0) is 38.1 Å². The first-order chi connectivity index (χ1) is 12.0. The van der Waals surface area contributed by atoms with Crippen molar-refractivity contribution in [3.63, 3.8) is 0 Å². The van der Waals surface area contributed by atoms with E-state index >= 15 is 0 Å². The van der Waals surface area contributed by atoms with Crippen LogP contribution in [0.1, 0.15) is 23.5 Å². The summed E-state index contributed by atoms with van der Waals surface area (Å²) in [6, 6.07) is 6.87. The molecule has 3 rings (SSSR count). The SMILES string of the molecule is CCNC(=O)N(S)c1cnc2ccc(-c3ccc(C(C)=O)s3)nc2n1. The van der Waals surface area contributed by atoms with Gasteiger partial charge in [0.2, 0.25) is 0 Å². The van der Waals surface area contributed by atoms with Crippen LogP contribution in [0.3, 0.4) is 0 Å². The van der Waals surface area contributed by atoms with Gasteiger partial charge < -0.3 is 5.32 Å². The molecule has 3 aromatic rings. The van der Waals surface area contributed by atoms with Crippen molar-refractivity contribution in [2.24, 2.45) is 0 Å². The molecule has 128 valence electrons. The lowest BCUT2D eigenvalue weighted by atomic mass is 10.3. The molecule has 9 heteroatoms. The Bertz CT molecular complexity index is 957. The van der Waals surface area contributed by atoms with Gasteiger partial charge in [-0.15, -0.1) is 11.3 Å². The van der Waals surface area contributed by atoms with Crippen molar-refractivity contribution in [3.05, 3.63) is 35.3 Å². The Labute approximate surface area is 153 Å². The molecule has 0 atom stereocenters. The number of pyridine rings is 1. The van der Waals surface area contributed by atoms with Gasteiger partial charge in [0, 0.05) is 6.54 Å². The quantitative estimate of drug-likeness (QED) is 0.541. The van der Waals surface area contributed by atoms with Crippen molar-refractivity contribution < 1.29 is 9.59 Å². The van der Waals surface area contributed by atoms with Gasteiger partial charge in [-0.1, -0.05) is 12.8 Å². The first-order valence-electron chi connectivity index (χ1n) is 7.51. The monoisotopic (exact) mass is 373 g/mol. The Kier molecular flexibility index (Phi) is 4.95. The van der Waals surface area contributed by atoms with Crippen LogP contribution >= 0.6 is 24.2 Å². The minimum absolute atomic E-state index is 0.0202. The van der Waals surface area contributed by atoms with Crippen LogP contribution in [0.2, 0.25) is 0 Å². The predicted molar refractivity (Wildman–Crippen MR) is 101 cm³/mol. The van der Waals surface area contributed by atoms with Crippen LogP contribution in [0.5, 0.6) is 0 Å². The molecule has 0 radical (unpaired) electrons. The average Bonchev–Trinajstić information content (AvgIpc) is 3.10. The third kappa shape index (κ3) is 3.62. The second-order valence-electron chi connectivity index (χ2n) is 5.13. The Balaban J connectivity index is 1.98. The number of anilines is 1. The molecule has 0 aliphatic carbocycles. The van der Waals surface area contributed by atoms with Crippen LogP contribution in [0, 0.1) is 0 Å². The van der Waals surface area contributed by atoms with E-state index in [1.54, 1.807) is 12.1 Å². The van der Waals surface area contributed by atoms with Gasteiger partial charge in [-0.3, -0.25) is 4.79 Å². The smallest absolute Gasteiger partial charge is 0.333 e. The van der Waals surface area contributed by atoms with Crippen LogP contribution in [0.25, 0.3) is 21.7 Å². The van der Waals surface area contributed by atoms with Gasteiger partial charge in [-0.2, -0.15) is 0 Å². The van der Waals surface area contributed by atoms with E-state index in [1.807, 2.05) is 19.1 Å². The topological polar surface area (TPSA) is 88.1 Å². The molecule has 0 aromatic carbocycles. The molecular weight excluding hydrogens is 358 g/mol. The van der Waals surface area contributed by atoms with Crippen LogP contribution in [0.4, 0.5) is 10.6 Å². The van der Waals surface area contributed by atoms with E-state index in [9.17, 15) is 9.59 Å². The second kappa shape index (κ2) is 7.16. The molecule has 3 aromatic heterocycles. The van der Waals surface area contributed by atoms with Crippen molar-refractivity contribution >= 4 is 52.9 Å². The van der Waals surface area contributed by atoms with Gasteiger partial charge in [0.05, 0.1) is 21.6 Å². The Morgan fingerprint density at radius 3 is 2.72 bits per heavy atom. The number of nitrogens with one attached hydrogen (secondary N) is 1. The molecule has 0 saturated carbocycles. The number of thiol groups is 1. The number of aromatic nitrogens is 3. The zero-order valence-corrected chi connectivity index (χ0v) is 15.3. The maximum Gasteiger partial charge on any atom is 0.333 e. The number of Topliss-reactive ketones (excluding diaryl/α,β-unsaturated/α-hetero) is 1. The lowest BCUT2D eigenvalue weighted by molar-refractivity contribution is 0.102. The molecule has 0 bridgehead atoms. The van der Waals surface area contributed by atoms with Crippen molar-refractivity contribution in [2.75, 3.05) is 10.8 Å². The maximum atomic E-state index is 11.9. The number of fused-ring (bicyclic) bond motifs is 1. The number of ketones is 1. The molecule has 0 aliphatic rings. The third-order valence-electron chi connectivity index (χ3n) is 3.34. The largest absolute Gasteiger partial charge is 0.337 e. The molecule has 7 nitrogen and oxygen atoms in total. The summed E-state index contributed by atoms with van der Waals surface area (Å²) in [6.07, 6.45) is 1.46. The molecule has 25 heavy (non-hydrogen) atoms. The van der Waals surface area contributed by atoms with Gasteiger partial charge in [0.1, 0.15) is 5.52 Å². The summed E-state index contributed by atoms with van der Waals surface area (Å²) in [7, 11) is 0. The van der Waals surface area contributed by atoms with Crippen LogP contribution in [-0.4, -0.2) is 33.3 Å². The number of carbonyl (C=O) groups is 2. The summed E-state index contributed by atoms with van der Waals surface area (Å²) >= 11 is 5.53. The highest BCUT2D eigenvalue weighted by Gasteiger charge is 2.15. The van der Waals surface area contributed by atoms with E-state index in [4.69, 9.17) is 0 Å². The molecule has 0 aliphatic heterocycles. The Morgan fingerprint density at radius 2 is 2.04 bits per heavy atom. The first-order valence-corrected chi connectivity index (χ1v) is 8.73. The molecule has 0 spiro atoms. The van der Waals surface area contributed by atoms with Crippen LogP contribution in [0.15, 0.2) is 30.5 Å². The average molecular weight is 373 g/mol. The van der Waals surface area contributed by atoms with E-state index in [-0.39, 0.29) is 17.6 Å². The summed E-state index contributed by atoms with van der Waals surface area (Å²) in [5.74, 6) is 0.300.